The fourth-order valence-corrected chi connectivity index (χ4v) is 3.04. The van der Waals surface area contributed by atoms with Gasteiger partial charge in [-0.2, -0.15) is 0 Å². The maximum absolute atomic E-state index is 13.0. The predicted octanol–water partition coefficient (Wildman–Crippen LogP) is 3.53. The van der Waals surface area contributed by atoms with Crippen molar-refractivity contribution in [3.05, 3.63) is 29.8 Å². The van der Waals surface area contributed by atoms with E-state index < -0.39 is 0 Å². The molecular formula is C17H28FN3. The molecule has 0 bridgehead atoms. The summed E-state index contributed by atoms with van der Waals surface area (Å²) >= 11 is 0. The zero-order chi connectivity index (χ0) is 14.9. The normalized spacial score (nSPS) is 19.0. The highest BCUT2D eigenvalue weighted by Crippen LogP contribution is 2.17. The number of aromatic nitrogens is 1. The van der Waals surface area contributed by atoms with Crippen molar-refractivity contribution in [3.8, 4) is 0 Å². The van der Waals surface area contributed by atoms with Crippen LogP contribution >= 0.6 is 0 Å². The standard InChI is InChI=1S/C17H28FN3/c1-2-19-17(16-9-8-15(18)14-20-16)10-13-21-11-6-4-3-5-7-12-21/h8-9,14,17,19H,2-7,10-13H2,1H3. The first-order valence-corrected chi connectivity index (χ1v) is 8.37. The average Bonchev–Trinajstić information content (AvgIpc) is 2.46. The van der Waals surface area contributed by atoms with Crippen molar-refractivity contribution in [2.75, 3.05) is 26.2 Å². The third-order valence-corrected chi connectivity index (χ3v) is 4.24. The van der Waals surface area contributed by atoms with E-state index >= 15 is 0 Å². The van der Waals surface area contributed by atoms with E-state index in [2.05, 4.69) is 22.1 Å². The topological polar surface area (TPSA) is 28.2 Å². The molecule has 0 aliphatic carbocycles. The van der Waals surface area contributed by atoms with Gasteiger partial charge in [-0.05, 0) is 57.6 Å². The molecule has 1 aliphatic heterocycles. The Bertz CT molecular complexity index is 386. The van der Waals surface area contributed by atoms with Crippen LogP contribution in [-0.2, 0) is 0 Å². The Morgan fingerprint density at radius 3 is 2.52 bits per heavy atom. The first-order chi connectivity index (χ1) is 10.3. The zero-order valence-electron chi connectivity index (χ0n) is 13.2. The molecule has 118 valence electrons. The van der Waals surface area contributed by atoms with Crippen LogP contribution in [0.5, 0.6) is 0 Å². The molecule has 0 spiro atoms. The first kappa shape index (κ1) is 16.4. The highest BCUT2D eigenvalue weighted by atomic mass is 19.1. The van der Waals surface area contributed by atoms with Crippen molar-refractivity contribution in [2.45, 2.75) is 51.5 Å². The smallest absolute Gasteiger partial charge is 0.141 e. The van der Waals surface area contributed by atoms with Crippen LogP contribution in [0.15, 0.2) is 18.3 Å². The third kappa shape index (κ3) is 5.71. The fourth-order valence-electron chi connectivity index (χ4n) is 3.04. The molecule has 0 saturated carbocycles. The Balaban J connectivity index is 1.88. The summed E-state index contributed by atoms with van der Waals surface area (Å²) in [7, 11) is 0. The summed E-state index contributed by atoms with van der Waals surface area (Å²) < 4.78 is 13.0. The van der Waals surface area contributed by atoms with E-state index in [-0.39, 0.29) is 11.9 Å². The third-order valence-electron chi connectivity index (χ3n) is 4.24. The van der Waals surface area contributed by atoms with Gasteiger partial charge in [0.05, 0.1) is 17.9 Å². The number of nitrogens with zero attached hydrogens (tertiary/aromatic N) is 2. The summed E-state index contributed by atoms with van der Waals surface area (Å²) in [4.78, 5) is 6.81. The number of halogens is 1. The number of hydrogen-bond donors (Lipinski definition) is 1. The lowest BCUT2D eigenvalue weighted by Crippen LogP contribution is -2.32. The van der Waals surface area contributed by atoms with Crippen LogP contribution in [-0.4, -0.2) is 36.1 Å². The van der Waals surface area contributed by atoms with Crippen LogP contribution in [0.2, 0.25) is 0 Å². The Morgan fingerprint density at radius 1 is 1.19 bits per heavy atom. The van der Waals surface area contributed by atoms with Gasteiger partial charge in [-0.25, -0.2) is 4.39 Å². The Kier molecular flexibility index (Phi) is 7.10. The number of nitrogens with one attached hydrogen (secondary N) is 1. The van der Waals surface area contributed by atoms with Crippen molar-refractivity contribution >= 4 is 0 Å². The van der Waals surface area contributed by atoms with E-state index in [0.717, 1.165) is 25.2 Å². The Morgan fingerprint density at radius 2 is 1.90 bits per heavy atom. The second kappa shape index (κ2) is 9.11. The van der Waals surface area contributed by atoms with Crippen LogP contribution < -0.4 is 5.32 Å². The van der Waals surface area contributed by atoms with E-state index in [4.69, 9.17) is 0 Å². The molecule has 1 saturated heterocycles. The lowest BCUT2D eigenvalue weighted by molar-refractivity contribution is 0.234. The van der Waals surface area contributed by atoms with Gasteiger partial charge in [-0.3, -0.25) is 4.98 Å². The molecule has 2 rings (SSSR count). The maximum Gasteiger partial charge on any atom is 0.141 e. The number of hydrogen-bond acceptors (Lipinski definition) is 3. The van der Waals surface area contributed by atoms with Gasteiger partial charge in [0.2, 0.25) is 0 Å². The highest BCUT2D eigenvalue weighted by molar-refractivity contribution is 5.10. The fraction of sp³-hybridized carbons (Fsp3) is 0.706. The molecule has 1 unspecified atom stereocenters. The molecule has 1 aliphatic rings. The average molecular weight is 293 g/mol. The Labute approximate surface area is 127 Å². The van der Waals surface area contributed by atoms with Gasteiger partial charge in [0.25, 0.3) is 0 Å². The number of rotatable bonds is 6. The van der Waals surface area contributed by atoms with Gasteiger partial charge in [0.15, 0.2) is 0 Å². The SMILES string of the molecule is CCNC(CCN1CCCCCCC1)c1ccc(F)cn1. The zero-order valence-corrected chi connectivity index (χ0v) is 13.2. The van der Waals surface area contributed by atoms with Crippen molar-refractivity contribution in [3.63, 3.8) is 0 Å². The van der Waals surface area contributed by atoms with Crippen LogP contribution in [0.1, 0.15) is 57.2 Å². The van der Waals surface area contributed by atoms with Crippen molar-refractivity contribution < 1.29 is 4.39 Å². The molecule has 1 aromatic heterocycles. The predicted molar refractivity (Wildman–Crippen MR) is 84.8 cm³/mol. The number of pyridine rings is 1. The van der Waals surface area contributed by atoms with Crippen molar-refractivity contribution in [1.29, 1.82) is 0 Å². The minimum atomic E-state index is -0.266. The maximum atomic E-state index is 13.0. The summed E-state index contributed by atoms with van der Waals surface area (Å²) in [6.07, 6.45) is 9.12. The van der Waals surface area contributed by atoms with Crippen molar-refractivity contribution in [2.24, 2.45) is 0 Å². The molecule has 21 heavy (non-hydrogen) atoms. The van der Waals surface area contributed by atoms with Gasteiger partial charge in [-0.1, -0.05) is 26.2 Å². The summed E-state index contributed by atoms with van der Waals surface area (Å²) in [5.41, 5.74) is 0.949. The Hall–Kier alpha value is -1.00. The molecule has 0 radical (unpaired) electrons. The molecule has 1 N–H and O–H groups in total. The summed E-state index contributed by atoms with van der Waals surface area (Å²) in [5.74, 6) is -0.266. The molecule has 4 heteroatoms. The van der Waals surface area contributed by atoms with E-state index in [1.807, 2.05) is 0 Å². The summed E-state index contributed by atoms with van der Waals surface area (Å²) in [5, 5.41) is 3.47. The van der Waals surface area contributed by atoms with Crippen LogP contribution in [0.3, 0.4) is 0 Å². The first-order valence-electron chi connectivity index (χ1n) is 8.37. The van der Waals surface area contributed by atoms with Crippen LogP contribution in [0.4, 0.5) is 4.39 Å². The minimum Gasteiger partial charge on any atom is -0.309 e. The molecule has 1 fully saturated rings. The minimum absolute atomic E-state index is 0.223. The van der Waals surface area contributed by atoms with Crippen molar-refractivity contribution in [1.82, 2.24) is 15.2 Å². The molecule has 0 amide bonds. The van der Waals surface area contributed by atoms with E-state index in [0.29, 0.717) is 0 Å². The summed E-state index contributed by atoms with van der Waals surface area (Å²) in [6.45, 7) is 6.54. The molecule has 1 aromatic rings. The highest BCUT2D eigenvalue weighted by Gasteiger charge is 2.15. The van der Waals surface area contributed by atoms with Gasteiger partial charge >= 0.3 is 0 Å². The van der Waals surface area contributed by atoms with Crippen LogP contribution in [0.25, 0.3) is 0 Å². The van der Waals surface area contributed by atoms with E-state index in [9.17, 15) is 4.39 Å². The number of likely N-dealkylation sites (tertiary alicyclic amines) is 1. The van der Waals surface area contributed by atoms with Gasteiger partial charge < -0.3 is 10.2 Å². The molecule has 2 heterocycles. The largest absolute Gasteiger partial charge is 0.309 e. The summed E-state index contributed by atoms with van der Waals surface area (Å²) in [6, 6.07) is 3.53. The van der Waals surface area contributed by atoms with Gasteiger partial charge in [-0.15, -0.1) is 0 Å². The van der Waals surface area contributed by atoms with Crippen LogP contribution in [0, 0.1) is 5.82 Å². The van der Waals surface area contributed by atoms with E-state index in [1.54, 1.807) is 6.07 Å². The van der Waals surface area contributed by atoms with Gasteiger partial charge in [0.1, 0.15) is 5.82 Å². The second-order valence-electron chi connectivity index (χ2n) is 5.91. The lowest BCUT2D eigenvalue weighted by Gasteiger charge is -2.27. The second-order valence-corrected chi connectivity index (χ2v) is 5.91. The quantitative estimate of drug-likeness (QED) is 0.869. The van der Waals surface area contributed by atoms with Gasteiger partial charge in [0, 0.05) is 0 Å². The molecule has 3 nitrogen and oxygen atoms in total. The molecular weight excluding hydrogens is 265 g/mol. The monoisotopic (exact) mass is 293 g/mol. The lowest BCUT2D eigenvalue weighted by atomic mass is 10.1. The molecule has 0 aromatic carbocycles. The van der Waals surface area contributed by atoms with E-state index in [1.165, 1.54) is 57.5 Å². The molecule has 1 atom stereocenters.